The molecule has 0 saturated heterocycles. The fraction of sp³-hybridized carbons (Fsp3) is 0.458. The number of carbonyl (C=O) groups excluding carboxylic acids is 1. The molecule has 3 rings (SSSR count). The van der Waals surface area contributed by atoms with Crippen LogP contribution in [0.2, 0.25) is 0 Å². The van der Waals surface area contributed by atoms with Crippen LogP contribution in [0.4, 0.5) is 15.8 Å². The standard InChI is InChI=1S/C24H31FN2O4S/c1-15(17-8-11-22(18(12-17)14-28)26-32(5,30)31)27(23(29)16-6-7-16)19-9-10-20(21(25)13-19)24(2,3)4/h8-13,15-16,26,28H,6-7,14H2,1-5H3/t15-/m1/s1. The monoisotopic (exact) mass is 462 g/mol. The highest BCUT2D eigenvalue weighted by Gasteiger charge is 2.37. The van der Waals surface area contributed by atoms with Gasteiger partial charge in [0, 0.05) is 17.2 Å². The second-order valence-corrected chi connectivity index (χ2v) is 11.3. The minimum absolute atomic E-state index is 0.0655. The van der Waals surface area contributed by atoms with E-state index in [1.54, 1.807) is 35.2 Å². The third-order valence-corrected chi connectivity index (χ3v) is 6.26. The normalized spacial score (nSPS) is 15.3. The van der Waals surface area contributed by atoms with E-state index in [-0.39, 0.29) is 35.4 Å². The molecule has 1 amide bonds. The van der Waals surface area contributed by atoms with Crippen LogP contribution < -0.4 is 9.62 Å². The first-order valence-corrected chi connectivity index (χ1v) is 12.6. The number of aliphatic hydroxyl groups is 1. The molecule has 2 aromatic rings. The van der Waals surface area contributed by atoms with Crippen molar-refractivity contribution in [1.29, 1.82) is 0 Å². The Morgan fingerprint density at radius 1 is 1.22 bits per heavy atom. The van der Waals surface area contributed by atoms with E-state index in [1.807, 2.05) is 27.7 Å². The molecule has 1 aliphatic carbocycles. The average Bonchev–Trinajstić information content (AvgIpc) is 3.51. The van der Waals surface area contributed by atoms with Gasteiger partial charge in [-0.1, -0.05) is 32.9 Å². The third kappa shape index (κ3) is 5.48. The highest BCUT2D eigenvalue weighted by molar-refractivity contribution is 7.92. The lowest BCUT2D eigenvalue weighted by molar-refractivity contribution is -0.120. The largest absolute Gasteiger partial charge is 0.392 e. The molecular weight excluding hydrogens is 431 g/mol. The molecule has 2 N–H and O–H groups in total. The van der Waals surface area contributed by atoms with Crippen LogP contribution in [0.3, 0.4) is 0 Å². The lowest BCUT2D eigenvalue weighted by atomic mass is 9.86. The van der Waals surface area contributed by atoms with E-state index >= 15 is 0 Å². The zero-order valence-corrected chi connectivity index (χ0v) is 20.0. The molecule has 1 fully saturated rings. The molecule has 6 nitrogen and oxygen atoms in total. The molecule has 0 heterocycles. The Labute approximate surface area is 189 Å². The van der Waals surface area contributed by atoms with Crippen LogP contribution in [0, 0.1) is 11.7 Å². The first kappa shape index (κ1) is 24.2. The lowest BCUT2D eigenvalue weighted by Crippen LogP contribution is -2.35. The van der Waals surface area contributed by atoms with Crippen molar-refractivity contribution in [2.75, 3.05) is 15.9 Å². The van der Waals surface area contributed by atoms with Crippen molar-refractivity contribution in [3.63, 3.8) is 0 Å². The van der Waals surface area contributed by atoms with Gasteiger partial charge in [0.05, 0.1) is 24.6 Å². The topological polar surface area (TPSA) is 86.7 Å². The van der Waals surface area contributed by atoms with E-state index in [0.717, 1.165) is 19.1 Å². The number of anilines is 2. The summed E-state index contributed by atoms with van der Waals surface area (Å²) in [5.41, 5.74) is 2.08. The van der Waals surface area contributed by atoms with Crippen LogP contribution in [0.1, 0.15) is 63.3 Å². The van der Waals surface area contributed by atoms with Crippen molar-refractivity contribution < 1.29 is 22.7 Å². The molecule has 0 aromatic heterocycles. The first-order valence-electron chi connectivity index (χ1n) is 10.7. The van der Waals surface area contributed by atoms with Crippen LogP contribution in [0.15, 0.2) is 36.4 Å². The summed E-state index contributed by atoms with van der Waals surface area (Å²) in [5, 5.41) is 9.76. The van der Waals surface area contributed by atoms with E-state index in [0.29, 0.717) is 22.4 Å². The van der Waals surface area contributed by atoms with E-state index in [2.05, 4.69) is 4.72 Å². The van der Waals surface area contributed by atoms with E-state index in [4.69, 9.17) is 0 Å². The van der Waals surface area contributed by atoms with Gasteiger partial charge in [-0.2, -0.15) is 0 Å². The molecule has 1 saturated carbocycles. The first-order chi connectivity index (χ1) is 14.8. The number of sulfonamides is 1. The molecule has 8 heteroatoms. The summed E-state index contributed by atoms with van der Waals surface area (Å²) in [5.74, 6) is -0.505. The van der Waals surface area contributed by atoms with Gasteiger partial charge >= 0.3 is 0 Å². The maximum absolute atomic E-state index is 14.9. The third-order valence-electron chi connectivity index (χ3n) is 5.67. The van der Waals surface area contributed by atoms with Crippen molar-refractivity contribution in [3.8, 4) is 0 Å². The van der Waals surface area contributed by atoms with Crippen molar-refractivity contribution in [1.82, 2.24) is 0 Å². The zero-order valence-electron chi connectivity index (χ0n) is 19.1. The number of halogens is 1. The fourth-order valence-corrected chi connectivity index (χ4v) is 4.38. The van der Waals surface area contributed by atoms with Crippen LogP contribution in [-0.2, 0) is 26.8 Å². The molecule has 1 atom stereocenters. The molecule has 0 radical (unpaired) electrons. The maximum atomic E-state index is 14.9. The van der Waals surface area contributed by atoms with Gasteiger partial charge in [0.15, 0.2) is 0 Å². The number of nitrogens with one attached hydrogen (secondary N) is 1. The van der Waals surface area contributed by atoms with Crippen LogP contribution in [0.25, 0.3) is 0 Å². The van der Waals surface area contributed by atoms with E-state index < -0.39 is 16.1 Å². The van der Waals surface area contributed by atoms with Crippen molar-refractivity contribution in [2.45, 2.75) is 58.6 Å². The quantitative estimate of drug-likeness (QED) is 0.635. The molecule has 0 unspecified atom stereocenters. The summed E-state index contributed by atoms with van der Waals surface area (Å²) in [4.78, 5) is 14.8. The average molecular weight is 463 g/mol. The number of nitrogens with zero attached hydrogens (tertiary/aromatic N) is 1. The van der Waals surface area contributed by atoms with Gasteiger partial charge in [0.1, 0.15) is 5.82 Å². The van der Waals surface area contributed by atoms with Gasteiger partial charge in [0.2, 0.25) is 15.9 Å². The summed E-state index contributed by atoms with van der Waals surface area (Å²) in [6.07, 6.45) is 2.66. The fourth-order valence-electron chi connectivity index (χ4n) is 3.78. The van der Waals surface area contributed by atoms with Gasteiger partial charge in [0.25, 0.3) is 0 Å². The molecule has 2 aromatic carbocycles. The van der Waals surface area contributed by atoms with Gasteiger partial charge < -0.3 is 10.0 Å². The van der Waals surface area contributed by atoms with E-state index in [1.165, 1.54) is 6.07 Å². The zero-order chi connectivity index (χ0) is 23.8. The highest BCUT2D eigenvalue weighted by Crippen LogP contribution is 2.38. The smallest absolute Gasteiger partial charge is 0.230 e. The number of carbonyl (C=O) groups is 1. The molecule has 32 heavy (non-hydrogen) atoms. The second kappa shape index (κ2) is 8.83. The lowest BCUT2D eigenvalue weighted by Gasteiger charge is -2.31. The molecule has 0 spiro atoms. The van der Waals surface area contributed by atoms with Gasteiger partial charge in [-0.15, -0.1) is 0 Å². The Morgan fingerprint density at radius 3 is 2.38 bits per heavy atom. The molecule has 0 aliphatic heterocycles. The summed E-state index contributed by atoms with van der Waals surface area (Å²) < 4.78 is 40.5. The Kier molecular flexibility index (Phi) is 6.67. The Bertz CT molecular complexity index is 1120. The van der Waals surface area contributed by atoms with Gasteiger partial charge in [-0.3, -0.25) is 9.52 Å². The molecule has 1 aliphatic rings. The van der Waals surface area contributed by atoms with Crippen LogP contribution >= 0.6 is 0 Å². The number of aliphatic hydroxyl groups excluding tert-OH is 1. The molecule has 174 valence electrons. The highest BCUT2D eigenvalue weighted by atomic mass is 32.2. The van der Waals surface area contributed by atoms with Crippen molar-refractivity contribution in [3.05, 3.63) is 58.9 Å². The van der Waals surface area contributed by atoms with Gasteiger partial charge in [-0.05, 0) is 60.6 Å². The summed E-state index contributed by atoms with van der Waals surface area (Å²) in [6.45, 7) is 7.27. The minimum Gasteiger partial charge on any atom is -0.392 e. The number of amides is 1. The SMILES string of the molecule is C[C@H](c1ccc(NS(C)(=O)=O)c(CO)c1)N(C(=O)C1CC1)c1ccc(C(C)(C)C)c(F)c1. The Balaban J connectivity index is 2.02. The number of rotatable bonds is 7. The minimum atomic E-state index is -3.51. The molecular formula is C24H31FN2O4S. The number of hydrogen-bond donors (Lipinski definition) is 2. The number of benzene rings is 2. The second-order valence-electron chi connectivity index (χ2n) is 9.52. The predicted molar refractivity (Wildman–Crippen MR) is 125 cm³/mol. The van der Waals surface area contributed by atoms with Crippen molar-refractivity contribution in [2.24, 2.45) is 5.92 Å². The molecule has 0 bridgehead atoms. The maximum Gasteiger partial charge on any atom is 0.230 e. The summed E-state index contributed by atoms with van der Waals surface area (Å²) in [7, 11) is -3.51. The summed E-state index contributed by atoms with van der Waals surface area (Å²) in [6, 6.07) is 9.41. The van der Waals surface area contributed by atoms with E-state index in [9.17, 15) is 22.7 Å². The van der Waals surface area contributed by atoms with Crippen molar-refractivity contribution >= 4 is 27.3 Å². The van der Waals surface area contributed by atoms with Crippen LogP contribution in [-0.4, -0.2) is 25.7 Å². The Hall–Kier alpha value is -2.45. The van der Waals surface area contributed by atoms with Crippen LogP contribution in [0.5, 0.6) is 0 Å². The predicted octanol–water partition coefficient (Wildman–Crippen LogP) is 4.49. The summed E-state index contributed by atoms with van der Waals surface area (Å²) >= 11 is 0. The number of hydrogen-bond acceptors (Lipinski definition) is 4. The van der Waals surface area contributed by atoms with Gasteiger partial charge in [-0.25, -0.2) is 12.8 Å². The Morgan fingerprint density at radius 2 is 1.88 bits per heavy atom.